The Morgan fingerprint density at radius 1 is 1.36 bits per heavy atom. The number of hydrogen-bond acceptors (Lipinski definition) is 4. The van der Waals surface area contributed by atoms with Crippen molar-refractivity contribution in [3.63, 3.8) is 0 Å². The lowest BCUT2D eigenvalue weighted by atomic mass is 10.1. The van der Waals surface area contributed by atoms with Gasteiger partial charge in [-0.05, 0) is 26.0 Å². The summed E-state index contributed by atoms with van der Waals surface area (Å²) in [6.07, 6.45) is -0.313. The summed E-state index contributed by atoms with van der Waals surface area (Å²) in [5, 5.41) is 11.2. The molecule has 0 spiro atoms. The van der Waals surface area contributed by atoms with E-state index in [0.717, 1.165) is 0 Å². The molecule has 1 heterocycles. The van der Waals surface area contributed by atoms with E-state index in [1.807, 2.05) is 13.8 Å². The molecule has 118 valence electrons. The summed E-state index contributed by atoms with van der Waals surface area (Å²) in [6.45, 7) is 3.78. The van der Waals surface area contributed by atoms with Gasteiger partial charge in [-0.1, -0.05) is 0 Å². The smallest absolute Gasteiger partial charge is 0.303 e. The highest BCUT2D eigenvalue weighted by Crippen LogP contribution is 2.35. The molecule has 0 atom stereocenters. The molecule has 0 saturated heterocycles. The number of nitrogens with one attached hydrogen (secondary N) is 1. The van der Waals surface area contributed by atoms with Crippen LogP contribution in [0.2, 0.25) is 0 Å². The van der Waals surface area contributed by atoms with Gasteiger partial charge in [-0.15, -0.1) is 0 Å². The summed E-state index contributed by atoms with van der Waals surface area (Å²) in [6, 6.07) is 5.01. The van der Waals surface area contributed by atoms with Gasteiger partial charge < -0.3 is 20.1 Å². The molecule has 1 aliphatic heterocycles. The molecule has 2 N–H and O–H groups in total. The molecule has 2 amide bonds. The fraction of sp³-hybridized carbons (Fsp3) is 0.400. The van der Waals surface area contributed by atoms with Gasteiger partial charge in [0, 0.05) is 24.2 Å². The second-order valence-electron chi connectivity index (χ2n) is 5.27. The van der Waals surface area contributed by atoms with Crippen molar-refractivity contribution in [2.24, 2.45) is 0 Å². The first-order valence-electron chi connectivity index (χ1n) is 6.99. The van der Waals surface area contributed by atoms with E-state index in [1.54, 1.807) is 23.1 Å². The molecule has 7 nitrogen and oxygen atoms in total. The lowest BCUT2D eigenvalue weighted by Crippen LogP contribution is -2.43. The second kappa shape index (κ2) is 6.46. The molecule has 0 bridgehead atoms. The Morgan fingerprint density at radius 2 is 2.09 bits per heavy atom. The minimum absolute atomic E-state index is 0.00570. The zero-order chi connectivity index (χ0) is 16.3. The number of nitrogens with zero attached hydrogens (tertiary/aromatic N) is 1. The lowest BCUT2D eigenvalue weighted by molar-refractivity contribution is -0.138. The topological polar surface area (TPSA) is 95.9 Å². The van der Waals surface area contributed by atoms with Crippen molar-refractivity contribution in [3.05, 3.63) is 18.2 Å². The zero-order valence-corrected chi connectivity index (χ0v) is 12.5. The van der Waals surface area contributed by atoms with E-state index >= 15 is 0 Å². The Kier molecular flexibility index (Phi) is 4.65. The fourth-order valence-corrected chi connectivity index (χ4v) is 2.26. The van der Waals surface area contributed by atoms with Crippen LogP contribution < -0.4 is 15.0 Å². The second-order valence-corrected chi connectivity index (χ2v) is 5.27. The number of anilines is 2. The summed E-state index contributed by atoms with van der Waals surface area (Å²) in [5.41, 5.74) is 1.17. The number of fused-ring (bicyclic) bond motifs is 1. The quantitative estimate of drug-likeness (QED) is 0.862. The van der Waals surface area contributed by atoms with Crippen molar-refractivity contribution in [3.8, 4) is 5.75 Å². The van der Waals surface area contributed by atoms with E-state index in [-0.39, 0.29) is 37.3 Å². The standard InChI is InChI=1S/C15H18N2O5/c1-9(2)17-11-4-3-10(7-12(11)22-8-14(17)19)16-13(18)5-6-15(20)21/h3-4,7,9H,5-6,8H2,1-2H3,(H,16,18)(H,20,21). The molecule has 7 heteroatoms. The van der Waals surface area contributed by atoms with Crippen molar-refractivity contribution in [2.75, 3.05) is 16.8 Å². The Bertz CT molecular complexity index is 612. The lowest BCUT2D eigenvalue weighted by Gasteiger charge is -2.32. The third kappa shape index (κ3) is 3.55. The van der Waals surface area contributed by atoms with Crippen LogP contribution in [0.3, 0.4) is 0 Å². The molecular weight excluding hydrogens is 288 g/mol. The zero-order valence-electron chi connectivity index (χ0n) is 12.5. The first-order valence-corrected chi connectivity index (χ1v) is 6.99. The van der Waals surface area contributed by atoms with Gasteiger partial charge in [-0.2, -0.15) is 0 Å². The van der Waals surface area contributed by atoms with Crippen molar-refractivity contribution in [2.45, 2.75) is 32.7 Å². The monoisotopic (exact) mass is 306 g/mol. The maximum absolute atomic E-state index is 11.9. The summed E-state index contributed by atoms with van der Waals surface area (Å²) in [5.74, 6) is -0.991. The molecule has 1 aromatic carbocycles. The number of amides is 2. The average Bonchev–Trinajstić information content (AvgIpc) is 2.44. The predicted octanol–water partition coefficient (Wildman–Crippen LogP) is 1.62. The summed E-state index contributed by atoms with van der Waals surface area (Å²) >= 11 is 0. The maximum atomic E-state index is 11.9. The van der Waals surface area contributed by atoms with Crippen molar-refractivity contribution in [1.29, 1.82) is 0 Å². The van der Waals surface area contributed by atoms with E-state index in [0.29, 0.717) is 17.1 Å². The first-order chi connectivity index (χ1) is 10.4. The average molecular weight is 306 g/mol. The van der Waals surface area contributed by atoms with Crippen molar-refractivity contribution in [1.82, 2.24) is 0 Å². The van der Waals surface area contributed by atoms with Gasteiger partial charge in [0.25, 0.3) is 5.91 Å². The minimum atomic E-state index is -1.02. The number of aliphatic carboxylic acids is 1. The SMILES string of the molecule is CC(C)N1C(=O)COc2cc(NC(=O)CCC(=O)O)ccc21. The van der Waals surface area contributed by atoms with Crippen LogP contribution in [0, 0.1) is 0 Å². The molecule has 22 heavy (non-hydrogen) atoms. The van der Waals surface area contributed by atoms with E-state index < -0.39 is 5.97 Å². The van der Waals surface area contributed by atoms with Gasteiger partial charge in [-0.25, -0.2) is 0 Å². The maximum Gasteiger partial charge on any atom is 0.303 e. The van der Waals surface area contributed by atoms with Gasteiger partial charge in [0.05, 0.1) is 12.1 Å². The van der Waals surface area contributed by atoms with E-state index in [9.17, 15) is 14.4 Å². The molecular formula is C15H18N2O5. The Labute approximate surface area is 127 Å². The van der Waals surface area contributed by atoms with Crippen LogP contribution in [0.15, 0.2) is 18.2 Å². The van der Waals surface area contributed by atoms with E-state index in [1.165, 1.54) is 0 Å². The molecule has 0 radical (unpaired) electrons. The summed E-state index contributed by atoms with van der Waals surface area (Å²) in [7, 11) is 0. The molecule has 1 aromatic rings. The number of hydrogen-bond donors (Lipinski definition) is 2. The number of carboxylic acids is 1. The number of carbonyl (C=O) groups is 3. The van der Waals surface area contributed by atoms with Crippen LogP contribution in [0.5, 0.6) is 5.75 Å². The first kappa shape index (κ1) is 15.8. The Balaban J connectivity index is 2.13. The molecule has 0 saturated carbocycles. The van der Waals surface area contributed by atoms with Gasteiger partial charge in [0.2, 0.25) is 5.91 Å². The van der Waals surface area contributed by atoms with Crippen LogP contribution in [0.25, 0.3) is 0 Å². The third-order valence-corrected chi connectivity index (χ3v) is 3.21. The normalized spacial score (nSPS) is 13.6. The molecule has 2 rings (SSSR count). The summed E-state index contributed by atoms with van der Waals surface area (Å²) in [4.78, 5) is 35.6. The number of carboxylic acid groups (broad SMARTS) is 1. The van der Waals surface area contributed by atoms with Gasteiger partial charge in [0.15, 0.2) is 6.61 Å². The van der Waals surface area contributed by atoms with Gasteiger partial charge in [-0.3, -0.25) is 14.4 Å². The molecule has 0 fully saturated rings. The fourth-order valence-electron chi connectivity index (χ4n) is 2.26. The number of ether oxygens (including phenoxy) is 1. The van der Waals surface area contributed by atoms with E-state index in [4.69, 9.17) is 9.84 Å². The third-order valence-electron chi connectivity index (χ3n) is 3.21. The highest BCUT2D eigenvalue weighted by molar-refractivity contribution is 5.99. The van der Waals surface area contributed by atoms with Gasteiger partial charge >= 0.3 is 5.97 Å². The highest BCUT2D eigenvalue weighted by atomic mass is 16.5. The largest absolute Gasteiger partial charge is 0.481 e. The van der Waals surface area contributed by atoms with Crippen molar-refractivity contribution >= 4 is 29.2 Å². The Hall–Kier alpha value is -2.57. The van der Waals surface area contributed by atoms with Gasteiger partial charge in [0.1, 0.15) is 5.75 Å². The highest BCUT2D eigenvalue weighted by Gasteiger charge is 2.27. The number of carbonyl (C=O) groups excluding carboxylic acids is 2. The van der Waals surface area contributed by atoms with Crippen LogP contribution in [0.4, 0.5) is 11.4 Å². The minimum Gasteiger partial charge on any atom is -0.481 e. The number of benzene rings is 1. The summed E-state index contributed by atoms with van der Waals surface area (Å²) < 4.78 is 5.40. The van der Waals surface area contributed by atoms with Crippen LogP contribution in [-0.4, -0.2) is 35.5 Å². The molecule has 1 aliphatic rings. The van der Waals surface area contributed by atoms with Crippen LogP contribution >= 0.6 is 0 Å². The predicted molar refractivity (Wildman–Crippen MR) is 80.1 cm³/mol. The molecule has 0 aliphatic carbocycles. The van der Waals surface area contributed by atoms with Crippen molar-refractivity contribution < 1.29 is 24.2 Å². The van der Waals surface area contributed by atoms with Crippen LogP contribution in [0.1, 0.15) is 26.7 Å². The number of rotatable bonds is 5. The van der Waals surface area contributed by atoms with E-state index in [2.05, 4.69) is 5.32 Å². The molecule has 0 unspecified atom stereocenters. The Morgan fingerprint density at radius 3 is 2.73 bits per heavy atom. The molecule has 0 aromatic heterocycles. The van der Waals surface area contributed by atoms with Crippen LogP contribution in [-0.2, 0) is 14.4 Å².